The quantitative estimate of drug-likeness (QED) is 0.401. The van der Waals surface area contributed by atoms with E-state index in [2.05, 4.69) is 25.2 Å². The van der Waals surface area contributed by atoms with Gasteiger partial charge in [-0.05, 0) is 6.07 Å². The molecule has 0 bridgehead atoms. The van der Waals surface area contributed by atoms with Gasteiger partial charge in [0.05, 0.1) is 17.6 Å². The highest BCUT2D eigenvalue weighted by Gasteiger charge is 2.19. The van der Waals surface area contributed by atoms with E-state index in [1.54, 1.807) is 0 Å². The highest BCUT2D eigenvalue weighted by atomic mass is 16.6. The zero-order valence-electron chi connectivity index (χ0n) is 14.0. The van der Waals surface area contributed by atoms with Gasteiger partial charge in [0.25, 0.3) is 11.6 Å². The number of benzene rings is 2. The lowest BCUT2D eigenvalue weighted by Gasteiger charge is -2.04. The molecule has 2 aromatic carbocycles. The van der Waals surface area contributed by atoms with E-state index in [9.17, 15) is 19.7 Å². The number of hydrogen-bond donors (Lipinski definition) is 2. The van der Waals surface area contributed by atoms with Crippen LogP contribution in [-0.4, -0.2) is 39.1 Å². The van der Waals surface area contributed by atoms with Gasteiger partial charge in [-0.25, -0.2) is 4.79 Å². The van der Waals surface area contributed by atoms with E-state index in [4.69, 9.17) is 0 Å². The molecule has 0 aliphatic carbocycles. The number of esters is 1. The second-order valence-electron chi connectivity index (χ2n) is 5.35. The van der Waals surface area contributed by atoms with Gasteiger partial charge in [-0.3, -0.25) is 25.3 Å². The predicted octanol–water partition coefficient (Wildman–Crippen LogP) is 2.42. The van der Waals surface area contributed by atoms with E-state index in [1.807, 2.05) is 30.3 Å². The Balaban J connectivity index is 1.86. The number of hydrogen-bond acceptors (Lipinski definition) is 7. The van der Waals surface area contributed by atoms with Crippen molar-refractivity contribution in [3.05, 3.63) is 69.8 Å². The Kier molecular flexibility index (Phi) is 4.88. The van der Waals surface area contributed by atoms with Crippen LogP contribution in [0.1, 0.15) is 20.7 Å². The minimum absolute atomic E-state index is 0.00928. The molecule has 3 rings (SSSR count). The van der Waals surface area contributed by atoms with Crippen LogP contribution in [0.25, 0.3) is 11.4 Å². The van der Waals surface area contributed by atoms with E-state index in [0.717, 1.165) is 24.8 Å². The molecule has 0 aliphatic rings. The molecule has 0 atom stereocenters. The molecule has 3 aromatic rings. The number of nitro groups is 1. The van der Waals surface area contributed by atoms with Crippen molar-refractivity contribution in [3.63, 3.8) is 0 Å². The number of ether oxygens (including phenoxy) is 1. The number of aromatic nitrogens is 3. The minimum atomic E-state index is -0.794. The summed E-state index contributed by atoms with van der Waals surface area (Å²) in [5.41, 5.74) is 0.143. The Morgan fingerprint density at radius 3 is 2.52 bits per heavy atom. The molecule has 0 fully saturated rings. The average molecular weight is 367 g/mol. The van der Waals surface area contributed by atoms with Crippen molar-refractivity contribution >= 4 is 23.5 Å². The van der Waals surface area contributed by atoms with E-state index in [0.29, 0.717) is 5.82 Å². The van der Waals surface area contributed by atoms with Crippen molar-refractivity contribution in [2.45, 2.75) is 0 Å². The SMILES string of the molecule is COC(=O)c1cc(C(=O)Nc2n[nH]c(-c3ccccc3)n2)cc([N+](=O)[O-])c1. The first-order valence-electron chi connectivity index (χ1n) is 7.65. The van der Waals surface area contributed by atoms with E-state index in [-0.39, 0.29) is 17.1 Å². The van der Waals surface area contributed by atoms with Crippen LogP contribution in [0.3, 0.4) is 0 Å². The molecule has 1 amide bonds. The van der Waals surface area contributed by atoms with Gasteiger partial charge in [0.1, 0.15) is 0 Å². The molecule has 136 valence electrons. The molecule has 27 heavy (non-hydrogen) atoms. The molecule has 10 nitrogen and oxygen atoms in total. The van der Waals surface area contributed by atoms with Gasteiger partial charge in [0.15, 0.2) is 5.82 Å². The molecule has 10 heteroatoms. The van der Waals surface area contributed by atoms with Crippen molar-refractivity contribution in [1.82, 2.24) is 15.2 Å². The van der Waals surface area contributed by atoms with Gasteiger partial charge in [0.2, 0.25) is 5.95 Å². The molecule has 0 aliphatic heterocycles. The minimum Gasteiger partial charge on any atom is -0.465 e. The topological polar surface area (TPSA) is 140 Å². The van der Waals surface area contributed by atoms with Crippen molar-refractivity contribution in [2.75, 3.05) is 12.4 Å². The monoisotopic (exact) mass is 367 g/mol. The lowest BCUT2D eigenvalue weighted by Crippen LogP contribution is -2.15. The van der Waals surface area contributed by atoms with Gasteiger partial charge in [0, 0.05) is 23.3 Å². The number of aromatic amines is 1. The van der Waals surface area contributed by atoms with Gasteiger partial charge in [-0.1, -0.05) is 30.3 Å². The highest BCUT2D eigenvalue weighted by Crippen LogP contribution is 2.20. The number of anilines is 1. The normalized spacial score (nSPS) is 10.3. The van der Waals surface area contributed by atoms with Crippen LogP contribution in [0.2, 0.25) is 0 Å². The van der Waals surface area contributed by atoms with Gasteiger partial charge in [-0.15, -0.1) is 5.10 Å². The van der Waals surface area contributed by atoms with Crippen LogP contribution in [0.15, 0.2) is 48.5 Å². The molecule has 1 aromatic heterocycles. The molecule has 0 spiro atoms. The van der Waals surface area contributed by atoms with Crippen LogP contribution in [0, 0.1) is 10.1 Å². The van der Waals surface area contributed by atoms with Crippen molar-refractivity contribution in [1.29, 1.82) is 0 Å². The number of H-pyrrole nitrogens is 1. The fourth-order valence-corrected chi connectivity index (χ4v) is 2.30. The molecular weight excluding hydrogens is 354 g/mol. The molecular formula is C17H13N5O5. The van der Waals surface area contributed by atoms with Crippen LogP contribution < -0.4 is 5.32 Å². The maximum Gasteiger partial charge on any atom is 0.338 e. The van der Waals surface area contributed by atoms with Crippen LogP contribution in [-0.2, 0) is 4.74 Å². The second-order valence-corrected chi connectivity index (χ2v) is 5.35. The molecule has 2 N–H and O–H groups in total. The Morgan fingerprint density at radius 1 is 1.15 bits per heavy atom. The maximum absolute atomic E-state index is 12.4. The van der Waals surface area contributed by atoms with Crippen molar-refractivity contribution in [2.24, 2.45) is 0 Å². The maximum atomic E-state index is 12.4. The lowest BCUT2D eigenvalue weighted by atomic mass is 10.1. The first-order chi connectivity index (χ1) is 13.0. The molecule has 1 heterocycles. The zero-order chi connectivity index (χ0) is 19.4. The first-order valence-corrected chi connectivity index (χ1v) is 7.65. The summed E-state index contributed by atoms with van der Waals surface area (Å²) in [7, 11) is 1.14. The number of amides is 1. The van der Waals surface area contributed by atoms with E-state index in [1.165, 1.54) is 6.07 Å². The van der Waals surface area contributed by atoms with E-state index < -0.39 is 22.5 Å². The highest BCUT2D eigenvalue weighted by molar-refractivity contribution is 6.05. The van der Waals surface area contributed by atoms with E-state index >= 15 is 0 Å². The second kappa shape index (κ2) is 7.44. The average Bonchev–Trinajstić information content (AvgIpc) is 3.16. The third-order valence-electron chi connectivity index (χ3n) is 3.57. The predicted molar refractivity (Wildman–Crippen MR) is 94.2 cm³/mol. The van der Waals surface area contributed by atoms with Gasteiger partial charge in [-0.2, -0.15) is 4.98 Å². The Labute approximate surface area is 152 Å². The number of rotatable bonds is 5. The summed E-state index contributed by atoms with van der Waals surface area (Å²) in [6, 6.07) is 12.4. The summed E-state index contributed by atoms with van der Waals surface area (Å²) in [6.45, 7) is 0. The standard InChI is InChI=1S/C17H13N5O5/c1-27-16(24)12-7-11(8-13(9-12)22(25)26)15(23)19-17-18-14(20-21-17)10-5-3-2-4-6-10/h2-9H,1H3,(H2,18,19,20,21,23). The number of carbonyl (C=O) groups excluding carboxylic acids is 2. The summed E-state index contributed by atoms with van der Waals surface area (Å²) in [6.07, 6.45) is 0. The summed E-state index contributed by atoms with van der Waals surface area (Å²) in [5, 5.41) is 20.1. The third-order valence-corrected chi connectivity index (χ3v) is 3.57. The summed E-state index contributed by atoms with van der Waals surface area (Å²) < 4.78 is 4.55. The first kappa shape index (κ1) is 17.7. The van der Waals surface area contributed by atoms with Crippen LogP contribution in [0.5, 0.6) is 0 Å². The fraction of sp³-hybridized carbons (Fsp3) is 0.0588. The zero-order valence-corrected chi connectivity index (χ0v) is 14.0. The Hall–Kier alpha value is -4.08. The van der Waals surface area contributed by atoms with Crippen molar-refractivity contribution in [3.8, 4) is 11.4 Å². The number of non-ortho nitro benzene ring substituents is 1. The lowest BCUT2D eigenvalue weighted by molar-refractivity contribution is -0.384. The third kappa shape index (κ3) is 3.95. The largest absolute Gasteiger partial charge is 0.465 e. The number of nitrogens with one attached hydrogen (secondary N) is 2. The Bertz CT molecular complexity index is 1020. The van der Waals surface area contributed by atoms with Crippen LogP contribution in [0.4, 0.5) is 11.6 Å². The summed E-state index contributed by atoms with van der Waals surface area (Å²) in [5.74, 6) is -1.07. The molecule has 0 unspecified atom stereocenters. The molecule has 0 radical (unpaired) electrons. The Morgan fingerprint density at radius 2 is 1.85 bits per heavy atom. The number of methoxy groups -OCH3 is 1. The smallest absolute Gasteiger partial charge is 0.338 e. The van der Waals surface area contributed by atoms with Crippen LogP contribution >= 0.6 is 0 Å². The summed E-state index contributed by atoms with van der Waals surface area (Å²) >= 11 is 0. The number of nitrogens with zero attached hydrogens (tertiary/aromatic N) is 3. The molecule has 0 saturated carbocycles. The van der Waals surface area contributed by atoms with Gasteiger partial charge < -0.3 is 4.74 Å². The van der Waals surface area contributed by atoms with Crippen molar-refractivity contribution < 1.29 is 19.2 Å². The number of nitro benzene ring substituents is 1. The number of carbonyl (C=O) groups is 2. The summed E-state index contributed by atoms with van der Waals surface area (Å²) in [4.78, 5) is 38.6. The molecule has 0 saturated heterocycles. The van der Waals surface area contributed by atoms with Gasteiger partial charge >= 0.3 is 5.97 Å². The fourth-order valence-electron chi connectivity index (χ4n) is 2.30.